The zero-order chi connectivity index (χ0) is 31.0. The van der Waals surface area contributed by atoms with Crippen LogP contribution in [0.2, 0.25) is 0 Å². The molecule has 0 heterocycles. The van der Waals surface area contributed by atoms with Gasteiger partial charge in [0.25, 0.3) is 0 Å². The monoisotopic (exact) mass is 554 g/mol. The van der Waals surface area contributed by atoms with Crippen molar-refractivity contribution in [3.05, 3.63) is 0 Å². The Kier molecular flexibility index (Phi) is 28.7. The molecule has 15 nitrogen and oxygen atoms in total. The van der Waals surface area contributed by atoms with Gasteiger partial charge >= 0.3 is 23.9 Å². The molecule has 38 heavy (non-hydrogen) atoms. The van der Waals surface area contributed by atoms with Gasteiger partial charge in [-0.15, -0.1) is 0 Å². The summed E-state index contributed by atoms with van der Waals surface area (Å²) in [7, 11) is 0. The van der Waals surface area contributed by atoms with Crippen molar-refractivity contribution in [3.8, 4) is 0 Å². The first-order valence-corrected chi connectivity index (χ1v) is 12.3. The van der Waals surface area contributed by atoms with E-state index in [1.165, 1.54) is 0 Å². The summed E-state index contributed by atoms with van der Waals surface area (Å²) < 4.78 is 0. The highest BCUT2D eigenvalue weighted by molar-refractivity contribution is 5.77. The van der Waals surface area contributed by atoms with Crippen LogP contribution in [0.3, 0.4) is 0 Å². The van der Waals surface area contributed by atoms with Crippen LogP contribution in [0, 0.1) is 11.8 Å². The SMILES string of the molecule is CC[C@H](C)[C@H](N)C(=O)O.CC[C@H](C)[C@H](N)C(=O)O.NC(=O)CC[C@H](N)C(=O)O.NCCCC[C@H](N)C(=O)O. The van der Waals surface area contributed by atoms with Crippen LogP contribution < -0.4 is 34.4 Å². The van der Waals surface area contributed by atoms with E-state index in [0.29, 0.717) is 13.0 Å². The van der Waals surface area contributed by atoms with Gasteiger partial charge in [0.15, 0.2) is 0 Å². The minimum Gasteiger partial charge on any atom is -0.480 e. The normalized spacial score (nSPS) is 14.7. The maximum absolute atomic E-state index is 10.2. The Morgan fingerprint density at radius 2 is 0.974 bits per heavy atom. The van der Waals surface area contributed by atoms with E-state index >= 15 is 0 Å². The van der Waals surface area contributed by atoms with Gasteiger partial charge < -0.3 is 54.8 Å². The summed E-state index contributed by atoms with van der Waals surface area (Å²) in [6.45, 7) is 8.12. The van der Waals surface area contributed by atoms with Crippen LogP contribution in [0.15, 0.2) is 0 Å². The highest BCUT2D eigenvalue weighted by Gasteiger charge is 2.18. The first kappa shape index (κ1) is 42.2. The van der Waals surface area contributed by atoms with Crippen molar-refractivity contribution in [2.75, 3.05) is 6.54 Å². The van der Waals surface area contributed by atoms with Gasteiger partial charge in [0.05, 0.1) is 0 Å². The maximum Gasteiger partial charge on any atom is 0.320 e. The molecule has 1 amide bonds. The van der Waals surface area contributed by atoms with Crippen molar-refractivity contribution >= 4 is 29.8 Å². The molecule has 0 rings (SSSR count). The molecule has 0 aliphatic rings. The number of amides is 1. The predicted molar refractivity (Wildman–Crippen MR) is 143 cm³/mol. The van der Waals surface area contributed by atoms with Crippen LogP contribution in [0.5, 0.6) is 0 Å². The first-order valence-electron chi connectivity index (χ1n) is 12.3. The second kappa shape index (κ2) is 25.8. The zero-order valence-electron chi connectivity index (χ0n) is 22.9. The summed E-state index contributed by atoms with van der Waals surface area (Å²) in [5.41, 5.74) is 30.8. The second-order valence-corrected chi connectivity index (χ2v) is 8.68. The van der Waals surface area contributed by atoms with Gasteiger partial charge in [0, 0.05) is 6.42 Å². The highest BCUT2D eigenvalue weighted by atomic mass is 16.4. The average Bonchev–Trinajstić information content (AvgIpc) is 2.86. The van der Waals surface area contributed by atoms with Crippen LogP contribution in [0.1, 0.15) is 72.6 Å². The third kappa shape index (κ3) is 27.7. The minimum atomic E-state index is -1.11. The first-order chi connectivity index (χ1) is 17.4. The number of carbonyl (C=O) groups excluding carboxylic acids is 1. The lowest BCUT2D eigenvalue weighted by Crippen LogP contribution is -2.36. The molecular weight excluding hydrogens is 504 g/mol. The van der Waals surface area contributed by atoms with E-state index in [9.17, 15) is 24.0 Å². The number of hydrogen-bond donors (Lipinski definition) is 10. The molecule has 16 N–H and O–H groups in total. The molecule has 0 saturated heterocycles. The lowest BCUT2D eigenvalue weighted by Gasteiger charge is -2.11. The molecule has 15 heteroatoms. The molecule has 0 unspecified atom stereocenters. The number of rotatable bonds is 15. The summed E-state index contributed by atoms with van der Waals surface area (Å²) in [6.07, 6.45) is 3.91. The van der Waals surface area contributed by atoms with Gasteiger partial charge in [-0.25, -0.2) is 0 Å². The van der Waals surface area contributed by atoms with Crippen molar-refractivity contribution in [3.63, 3.8) is 0 Å². The number of carbonyl (C=O) groups is 5. The van der Waals surface area contributed by atoms with Gasteiger partial charge in [-0.3, -0.25) is 24.0 Å². The van der Waals surface area contributed by atoms with Crippen molar-refractivity contribution in [1.29, 1.82) is 0 Å². The fraction of sp³-hybridized carbons (Fsp3) is 0.783. The van der Waals surface area contributed by atoms with E-state index in [-0.39, 0.29) is 24.7 Å². The number of carboxylic acid groups (broad SMARTS) is 4. The molecule has 0 aromatic rings. The minimum absolute atomic E-state index is 0.0213. The molecule has 226 valence electrons. The van der Waals surface area contributed by atoms with E-state index in [1.807, 2.05) is 27.7 Å². The number of carboxylic acids is 4. The lowest BCUT2D eigenvalue weighted by atomic mass is 10.0. The largest absolute Gasteiger partial charge is 0.480 e. The summed E-state index contributed by atoms with van der Waals surface area (Å²) in [6, 6.07) is -3.09. The molecule has 0 bridgehead atoms. The van der Waals surface area contributed by atoms with E-state index in [4.69, 9.17) is 54.8 Å². The Bertz CT molecular complexity index is 656. The summed E-state index contributed by atoms with van der Waals surface area (Å²) in [5, 5.41) is 33.3. The van der Waals surface area contributed by atoms with Crippen molar-refractivity contribution in [1.82, 2.24) is 0 Å². The Labute approximate surface area is 224 Å². The molecule has 0 aromatic heterocycles. The number of aliphatic carboxylic acids is 4. The smallest absolute Gasteiger partial charge is 0.320 e. The summed E-state index contributed by atoms with van der Waals surface area (Å²) in [4.78, 5) is 50.6. The number of hydrogen-bond acceptors (Lipinski definition) is 10. The molecule has 0 aliphatic heterocycles. The Morgan fingerprint density at radius 1 is 0.632 bits per heavy atom. The van der Waals surface area contributed by atoms with Crippen LogP contribution in [0.4, 0.5) is 0 Å². The van der Waals surface area contributed by atoms with Gasteiger partial charge in [0.1, 0.15) is 24.2 Å². The summed E-state index contributed by atoms with van der Waals surface area (Å²) >= 11 is 0. The van der Waals surface area contributed by atoms with Crippen molar-refractivity contribution in [2.45, 2.75) is 96.8 Å². The maximum atomic E-state index is 10.2. The van der Waals surface area contributed by atoms with Crippen molar-refractivity contribution in [2.24, 2.45) is 46.2 Å². The number of primary amides is 1. The quantitative estimate of drug-likeness (QED) is 0.109. The molecule has 0 radical (unpaired) electrons. The van der Waals surface area contributed by atoms with Gasteiger partial charge in [-0.2, -0.15) is 0 Å². The van der Waals surface area contributed by atoms with Gasteiger partial charge in [0.2, 0.25) is 5.91 Å². The third-order valence-electron chi connectivity index (χ3n) is 5.39. The number of unbranched alkanes of at least 4 members (excludes halogenated alkanes) is 1. The zero-order valence-corrected chi connectivity index (χ0v) is 22.9. The predicted octanol–water partition coefficient (Wildman–Crippen LogP) is -0.920. The summed E-state index contributed by atoms with van der Waals surface area (Å²) in [5.74, 6) is -4.26. The van der Waals surface area contributed by atoms with Crippen LogP contribution in [-0.2, 0) is 24.0 Å². The molecular formula is C23H50N6O9. The van der Waals surface area contributed by atoms with Crippen LogP contribution in [0.25, 0.3) is 0 Å². The van der Waals surface area contributed by atoms with E-state index in [1.54, 1.807) is 0 Å². The second-order valence-electron chi connectivity index (χ2n) is 8.68. The molecule has 0 fully saturated rings. The van der Waals surface area contributed by atoms with Gasteiger partial charge in [-0.05, 0) is 37.6 Å². The number of nitrogens with two attached hydrogens (primary N) is 6. The fourth-order valence-corrected chi connectivity index (χ4v) is 2.05. The molecule has 0 aromatic carbocycles. The van der Waals surface area contributed by atoms with Gasteiger partial charge in [-0.1, -0.05) is 47.0 Å². The lowest BCUT2D eigenvalue weighted by molar-refractivity contribution is -0.140. The van der Waals surface area contributed by atoms with Crippen LogP contribution in [-0.4, -0.2) is 80.9 Å². The third-order valence-corrected chi connectivity index (χ3v) is 5.39. The van der Waals surface area contributed by atoms with Crippen LogP contribution >= 0.6 is 0 Å². The average molecular weight is 555 g/mol. The van der Waals surface area contributed by atoms with E-state index < -0.39 is 54.0 Å². The standard InChI is InChI=1S/C6H14N2O2.2C6H13NO2.C5H10N2O3/c7-4-2-1-3-5(8)6(9)10;2*1-3-4(2)5(7)6(8)9;6-3(5(9)10)1-2-4(7)8/h5H,1-4,7-8H2,(H,9,10);2*4-5H,3,7H2,1-2H3,(H,8,9);3H,1-2,6H2,(H2,7,8)(H,9,10)/t5-;2*4-,5-;3-/m0000/s1. The molecule has 0 aliphatic carbocycles. The molecule has 0 spiro atoms. The Morgan fingerprint density at radius 3 is 1.18 bits per heavy atom. The molecule has 6 atom stereocenters. The molecule has 0 saturated carbocycles. The Balaban J connectivity index is -0.000000203. The van der Waals surface area contributed by atoms with Crippen molar-refractivity contribution < 1.29 is 44.4 Å². The van der Waals surface area contributed by atoms with E-state index in [0.717, 1.165) is 25.7 Å². The topological polar surface area (TPSA) is 322 Å². The Hall–Kier alpha value is -2.85. The highest BCUT2D eigenvalue weighted by Crippen LogP contribution is 2.05. The van der Waals surface area contributed by atoms with E-state index in [2.05, 4.69) is 0 Å². The fourth-order valence-electron chi connectivity index (χ4n) is 2.05.